The summed E-state index contributed by atoms with van der Waals surface area (Å²) in [5.74, 6) is -11.9. The van der Waals surface area contributed by atoms with Crippen LogP contribution >= 0.6 is 27.7 Å². The third-order valence-electron chi connectivity index (χ3n) is 1.59. The lowest BCUT2D eigenvalue weighted by atomic mass is 10.3. The van der Waals surface area contributed by atoms with E-state index < -0.39 is 61.7 Å². The molecule has 0 aliphatic heterocycles. The molecule has 0 spiro atoms. The van der Waals surface area contributed by atoms with Crippen LogP contribution in [0.4, 0.5) is 22.0 Å². The van der Waals surface area contributed by atoms with Crippen molar-refractivity contribution >= 4 is 27.7 Å². The molecule has 3 N–H and O–H groups in total. The molecule has 0 saturated carbocycles. The molecule has 1 aromatic carbocycles. The molecule has 1 atom stereocenters. The first-order valence-corrected chi connectivity index (χ1v) is 8.10. The van der Waals surface area contributed by atoms with Gasteiger partial charge in [0.05, 0.1) is 0 Å². The fraction of sp³-hybridized carbons (Fsp3) is 0. The summed E-state index contributed by atoms with van der Waals surface area (Å²) in [5.41, 5.74) is 0. The van der Waals surface area contributed by atoms with Crippen molar-refractivity contribution in [2.75, 3.05) is 0 Å². The zero-order valence-electron chi connectivity index (χ0n) is 9.17. The van der Waals surface area contributed by atoms with Crippen molar-refractivity contribution in [3.63, 3.8) is 0 Å². The molecule has 1 unspecified atom stereocenters. The average molecular weight is 376 g/mol. The van der Waals surface area contributed by atoms with E-state index in [9.17, 15) is 31.1 Å². The minimum Gasteiger partial charge on any atom is -0.302 e. The summed E-state index contributed by atoms with van der Waals surface area (Å²) in [5, 5.41) is 0. The van der Waals surface area contributed by atoms with Gasteiger partial charge in [0.25, 0.3) is 0 Å². The molecule has 1 rings (SSSR count). The van der Waals surface area contributed by atoms with Crippen LogP contribution in [0.1, 0.15) is 0 Å². The Morgan fingerprint density at radius 3 is 1.57 bits per heavy atom. The van der Waals surface area contributed by atoms with Crippen LogP contribution in [0.5, 0.6) is 0 Å². The van der Waals surface area contributed by atoms with E-state index in [1.54, 1.807) is 0 Å². The maximum Gasteiger partial charge on any atom is 0.492 e. The molecule has 21 heavy (non-hydrogen) atoms. The van der Waals surface area contributed by atoms with E-state index in [4.69, 9.17) is 14.7 Å². The Morgan fingerprint density at radius 2 is 1.19 bits per heavy atom. The van der Waals surface area contributed by atoms with Gasteiger partial charge in [-0.05, 0) is 0 Å². The van der Waals surface area contributed by atoms with Gasteiger partial charge >= 0.3 is 15.6 Å². The predicted octanol–water partition coefficient (Wildman–Crippen LogP) is 2.62. The number of rotatable bonds is 5. The van der Waals surface area contributed by atoms with Crippen LogP contribution in [-0.2, 0) is 17.4 Å². The molecule has 0 radical (unpaired) electrons. The van der Waals surface area contributed by atoms with Crippen molar-refractivity contribution in [2.24, 2.45) is 0 Å². The quantitative estimate of drug-likeness (QED) is 0.236. The zero-order valence-corrected chi connectivity index (χ0v) is 11.8. The van der Waals surface area contributed by atoms with E-state index in [0.29, 0.717) is 0 Å². The number of phosphoric acid groups is 2. The Labute approximate surface area is 116 Å². The number of benzene rings is 1. The van der Waals surface area contributed by atoms with Gasteiger partial charge in [-0.15, -0.1) is 0 Å². The molecule has 0 aromatic heterocycles. The summed E-state index contributed by atoms with van der Waals surface area (Å²) in [6, 6.07) is 0. The van der Waals surface area contributed by atoms with E-state index in [1.165, 1.54) is 0 Å². The van der Waals surface area contributed by atoms with Gasteiger partial charge in [-0.1, -0.05) is 0 Å². The second-order valence-electron chi connectivity index (χ2n) is 3.10. The summed E-state index contributed by atoms with van der Waals surface area (Å²) in [7, 11) is -11.0. The van der Waals surface area contributed by atoms with E-state index in [1.807, 2.05) is 0 Å². The highest BCUT2D eigenvalue weighted by atomic mass is 32.2. The largest absolute Gasteiger partial charge is 0.492 e. The first kappa shape index (κ1) is 18.5. The lowest BCUT2D eigenvalue weighted by Crippen LogP contribution is -2.03. The summed E-state index contributed by atoms with van der Waals surface area (Å²) in [6.45, 7) is 0. The monoisotopic (exact) mass is 376 g/mol. The van der Waals surface area contributed by atoms with Gasteiger partial charge in [0, 0.05) is 12.0 Å². The maximum atomic E-state index is 13.1. The van der Waals surface area contributed by atoms with Crippen LogP contribution in [0.25, 0.3) is 0 Å². The topological polar surface area (TPSA) is 113 Å². The molecule has 0 bridgehead atoms. The summed E-state index contributed by atoms with van der Waals surface area (Å²) in [6.07, 6.45) is 0. The molecule has 0 saturated heterocycles. The molecule has 120 valence electrons. The van der Waals surface area contributed by atoms with Gasteiger partial charge < -0.3 is 14.7 Å². The van der Waals surface area contributed by atoms with Crippen molar-refractivity contribution < 1.29 is 54.0 Å². The lowest BCUT2D eigenvalue weighted by molar-refractivity contribution is 0.236. The fourth-order valence-corrected chi connectivity index (χ4v) is 3.32. The molecular formula is C6H3F5O7P2S. The Bertz CT molecular complexity index is 634. The van der Waals surface area contributed by atoms with Crippen LogP contribution in [-0.4, -0.2) is 14.7 Å². The molecule has 1 aromatic rings. The second kappa shape index (κ2) is 6.31. The number of hydrogen-bond acceptors (Lipinski definition) is 5. The molecule has 0 aliphatic carbocycles. The summed E-state index contributed by atoms with van der Waals surface area (Å²) < 4.78 is 92.6. The third-order valence-corrected chi connectivity index (χ3v) is 4.85. The highest BCUT2D eigenvalue weighted by molar-refractivity contribution is 7.98. The van der Waals surface area contributed by atoms with Crippen LogP contribution in [0, 0.1) is 29.1 Å². The Morgan fingerprint density at radius 1 is 0.810 bits per heavy atom. The van der Waals surface area contributed by atoms with Gasteiger partial charge in [-0.2, -0.15) is 4.31 Å². The highest BCUT2D eigenvalue weighted by Crippen LogP contribution is 2.60. The van der Waals surface area contributed by atoms with Gasteiger partial charge in [0.2, 0.25) is 5.82 Å². The van der Waals surface area contributed by atoms with Crippen LogP contribution in [0.2, 0.25) is 0 Å². The van der Waals surface area contributed by atoms with Crippen molar-refractivity contribution in [2.45, 2.75) is 4.90 Å². The lowest BCUT2D eigenvalue weighted by Gasteiger charge is -2.12. The maximum absolute atomic E-state index is 13.1. The van der Waals surface area contributed by atoms with E-state index in [2.05, 4.69) is 8.28 Å². The first-order chi connectivity index (χ1) is 9.36. The van der Waals surface area contributed by atoms with Crippen molar-refractivity contribution in [1.29, 1.82) is 0 Å². The molecule has 0 amide bonds. The molecular weight excluding hydrogens is 373 g/mol. The van der Waals surface area contributed by atoms with Crippen LogP contribution in [0.15, 0.2) is 4.90 Å². The minimum absolute atomic E-state index is 0.820. The van der Waals surface area contributed by atoms with E-state index in [0.717, 1.165) is 0 Å². The van der Waals surface area contributed by atoms with Gasteiger partial charge in [-0.3, -0.25) is 0 Å². The van der Waals surface area contributed by atoms with Crippen LogP contribution in [0.3, 0.4) is 0 Å². The summed E-state index contributed by atoms with van der Waals surface area (Å²) >= 11 is -0.820. The first-order valence-electron chi connectivity index (χ1n) is 4.33. The normalized spacial score (nSPS) is 15.0. The third kappa shape index (κ3) is 4.73. The van der Waals surface area contributed by atoms with Crippen molar-refractivity contribution in [3.05, 3.63) is 29.1 Å². The van der Waals surface area contributed by atoms with Gasteiger partial charge in [-0.25, -0.2) is 35.1 Å². The molecule has 7 nitrogen and oxygen atoms in total. The van der Waals surface area contributed by atoms with E-state index >= 15 is 0 Å². The highest BCUT2D eigenvalue weighted by Gasteiger charge is 2.35. The average Bonchev–Trinajstić information content (AvgIpc) is 2.31. The van der Waals surface area contributed by atoms with Crippen LogP contribution < -0.4 is 0 Å². The smallest absolute Gasteiger partial charge is 0.302 e. The Balaban J connectivity index is 3.06. The second-order valence-corrected chi connectivity index (χ2v) is 6.84. The van der Waals surface area contributed by atoms with Gasteiger partial charge in [0.1, 0.15) is 4.90 Å². The van der Waals surface area contributed by atoms with Crippen molar-refractivity contribution in [1.82, 2.24) is 0 Å². The van der Waals surface area contributed by atoms with E-state index in [-0.39, 0.29) is 0 Å². The zero-order chi connectivity index (χ0) is 16.6. The molecule has 0 heterocycles. The van der Waals surface area contributed by atoms with Gasteiger partial charge in [0.15, 0.2) is 23.3 Å². The molecule has 0 fully saturated rings. The fourth-order valence-electron chi connectivity index (χ4n) is 0.890. The summed E-state index contributed by atoms with van der Waals surface area (Å²) in [4.78, 5) is 23.5. The standard InChI is InChI=1S/C6H3F5O7P2S/c7-1-2(8)4(10)6(5(11)3(1)9)21-18-20(15,16)17-19(12,13)14/h(H,15,16)(H2,12,13,14). The Hall–Kier alpha value is -0.520. The van der Waals surface area contributed by atoms with Crippen molar-refractivity contribution in [3.8, 4) is 0 Å². The molecule has 15 heteroatoms. The molecule has 0 aliphatic rings. The number of hydrogen-bond donors (Lipinski definition) is 3. The Kier molecular flexibility index (Phi) is 5.56. The predicted molar refractivity (Wildman–Crippen MR) is 56.1 cm³/mol. The minimum atomic E-state index is -5.53. The number of halogens is 5. The SMILES string of the molecule is O=P(O)(O)OP(=O)(O)OSc1c(F)c(F)c(F)c(F)c1F.